The lowest BCUT2D eigenvalue weighted by molar-refractivity contribution is -0.143. The van der Waals surface area contributed by atoms with Crippen molar-refractivity contribution in [2.24, 2.45) is 0 Å². The molecule has 0 heterocycles. The summed E-state index contributed by atoms with van der Waals surface area (Å²) in [5.41, 5.74) is 4.89. The molecule has 41 heavy (non-hydrogen) atoms. The summed E-state index contributed by atoms with van der Waals surface area (Å²) in [7, 11) is 0. The minimum absolute atomic E-state index is 0.0142. The average molecular weight is 539 g/mol. The molecule has 0 radical (unpaired) electrons. The monoisotopic (exact) mass is 538 g/mol. The van der Waals surface area contributed by atoms with Crippen LogP contribution >= 0.6 is 0 Å². The Morgan fingerprint density at radius 1 is 0.683 bits per heavy atom. The number of rotatable bonds is 5. The van der Waals surface area contributed by atoms with Crippen LogP contribution in [0.25, 0.3) is 54.6 Å². The number of carboxylic acids is 2. The van der Waals surface area contributed by atoms with E-state index in [1.807, 2.05) is 36.4 Å². The molecule has 0 saturated carbocycles. The second-order valence-electron chi connectivity index (χ2n) is 12.3. The molecule has 1 aliphatic carbocycles. The van der Waals surface area contributed by atoms with Crippen LogP contribution in [0.1, 0.15) is 50.3 Å². The van der Waals surface area contributed by atoms with Gasteiger partial charge in [-0.05, 0) is 89.2 Å². The molecule has 2 N–H and O–H groups in total. The van der Waals surface area contributed by atoms with Gasteiger partial charge in [-0.15, -0.1) is 0 Å². The summed E-state index contributed by atoms with van der Waals surface area (Å²) in [6.07, 6.45) is -0.251. The molecule has 1 atom stereocenters. The van der Waals surface area contributed by atoms with E-state index in [4.69, 9.17) is 0 Å². The van der Waals surface area contributed by atoms with Crippen LogP contribution < -0.4 is 0 Å². The fourth-order valence-corrected chi connectivity index (χ4v) is 6.94. The predicted octanol–water partition coefficient (Wildman–Crippen LogP) is 8.76. The van der Waals surface area contributed by atoms with Gasteiger partial charge in [0.15, 0.2) is 0 Å². The Labute approximate surface area is 238 Å². The molecule has 6 aromatic carbocycles. The molecule has 0 bridgehead atoms. The maximum absolute atomic E-state index is 13.1. The molecule has 0 aliphatic heterocycles. The Morgan fingerprint density at radius 3 is 2.02 bits per heavy atom. The van der Waals surface area contributed by atoms with E-state index in [0.29, 0.717) is 11.1 Å². The fourth-order valence-electron chi connectivity index (χ4n) is 6.94. The van der Waals surface area contributed by atoms with Crippen LogP contribution in [0, 0.1) is 0 Å². The quantitative estimate of drug-likeness (QED) is 0.215. The SMILES string of the molecule is CC(C)(C)c1cc2ccc3ccc(-c4ccc5c(c4)C(CCC(=O)O)(C(=O)O)c4ccccc4-5)c4ccc(c1)c2c34. The first kappa shape index (κ1) is 25.3. The molecule has 0 amide bonds. The van der Waals surface area contributed by atoms with E-state index in [9.17, 15) is 19.8 Å². The van der Waals surface area contributed by atoms with E-state index < -0.39 is 17.4 Å². The second-order valence-corrected chi connectivity index (χ2v) is 12.3. The Bertz CT molecular complexity index is 2030. The van der Waals surface area contributed by atoms with Gasteiger partial charge in [0.05, 0.1) is 0 Å². The van der Waals surface area contributed by atoms with Crippen LogP contribution in [0.2, 0.25) is 0 Å². The number of hydrogen-bond acceptors (Lipinski definition) is 2. The Balaban J connectivity index is 1.48. The van der Waals surface area contributed by atoms with Gasteiger partial charge < -0.3 is 10.2 Å². The van der Waals surface area contributed by atoms with Gasteiger partial charge in [-0.1, -0.05) is 106 Å². The highest BCUT2D eigenvalue weighted by Crippen LogP contribution is 2.53. The van der Waals surface area contributed by atoms with E-state index >= 15 is 0 Å². The van der Waals surface area contributed by atoms with Crippen LogP contribution in [0.3, 0.4) is 0 Å². The summed E-state index contributed by atoms with van der Waals surface area (Å²) < 4.78 is 0. The second kappa shape index (κ2) is 8.65. The number of benzene rings is 6. The van der Waals surface area contributed by atoms with Gasteiger partial charge in [-0.3, -0.25) is 9.59 Å². The summed E-state index contributed by atoms with van der Waals surface area (Å²) in [6, 6.07) is 31.2. The maximum Gasteiger partial charge on any atom is 0.318 e. The lowest BCUT2D eigenvalue weighted by Crippen LogP contribution is -2.35. The first-order valence-corrected chi connectivity index (χ1v) is 14.0. The molecule has 1 aliphatic rings. The van der Waals surface area contributed by atoms with Gasteiger partial charge in [-0.25, -0.2) is 0 Å². The van der Waals surface area contributed by atoms with E-state index in [1.165, 1.54) is 32.5 Å². The van der Waals surface area contributed by atoms with Crippen molar-refractivity contribution in [3.63, 3.8) is 0 Å². The topological polar surface area (TPSA) is 74.6 Å². The van der Waals surface area contributed by atoms with Gasteiger partial charge in [0.2, 0.25) is 0 Å². The number of hydrogen-bond donors (Lipinski definition) is 2. The number of carbonyl (C=O) groups is 2. The number of carboxylic acid groups (broad SMARTS) is 2. The van der Waals surface area contributed by atoms with Crippen molar-refractivity contribution in [2.45, 2.75) is 44.4 Å². The van der Waals surface area contributed by atoms with Crippen molar-refractivity contribution in [2.75, 3.05) is 0 Å². The van der Waals surface area contributed by atoms with Crippen LogP contribution in [0.15, 0.2) is 91.0 Å². The molecule has 0 fully saturated rings. The summed E-state index contributed by atoms with van der Waals surface area (Å²) in [6.45, 7) is 6.70. The van der Waals surface area contributed by atoms with Crippen molar-refractivity contribution in [3.8, 4) is 22.3 Å². The molecule has 7 rings (SSSR count). The molecular weight excluding hydrogens is 508 g/mol. The van der Waals surface area contributed by atoms with E-state index in [1.54, 1.807) is 0 Å². The predicted molar refractivity (Wildman–Crippen MR) is 165 cm³/mol. The van der Waals surface area contributed by atoms with Gasteiger partial charge in [0.25, 0.3) is 0 Å². The third-order valence-electron chi connectivity index (χ3n) is 9.01. The summed E-state index contributed by atoms with van der Waals surface area (Å²) >= 11 is 0. The molecular formula is C37H30O4. The van der Waals surface area contributed by atoms with Gasteiger partial charge >= 0.3 is 11.9 Å². The normalized spacial score (nSPS) is 16.4. The lowest BCUT2D eigenvalue weighted by Gasteiger charge is -2.27. The maximum atomic E-state index is 13.1. The molecule has 6 aromatic rings. The molecule has 0 saturated heterocycles. The highest BCUT2D eigenvalue weighted by atomic mass is 16.4. The highest BCUT2D eigenvalue weighted by molar-refractivity contribution is 6.25. The van der Waals surface area contributed by atoms with Crippen molar-refractivity contribution < 1.29 is 19.8 Å². The van der Waals surface area contributed by atoms with E-state index in [0.717, 1.165) is 27.6 Å². The average Bonchev–Trinajstić information content (AvgIpc) is 3.24. The molecule has 0 spiro atoms. The molecule has 4 heteroatoms. The Kier molecular flexibility index (Phi) is 5.33. The minimum Gasteiger partial charge on any atom is -0.481 e. The van der Waals surface area contributed by atoms with Gasteiger partial charge in [0, 0.05) is 6.42 Å². The summed E-state index contributed by atoms with van der Waals surface area (Å²) in [5, 5.41) is 27.4. The van der Waals surface area contributed by atoms with Crippen molar-refractivity contribution in [1.29, 1.82) is 0 Å². The van der Waals surface area contributed by atoms with Gasteiger partial charge in [-0.2, -0.15) is 0 Å². The molecule has 0 aromatic heterocycles. The third-order valence-corrected chi connectivity index (χ3v) is 9.01. The number of aliphatic carboxylic acids is 2. The minimum atomic E-state index is -1.42. The molecule has 202 valence electrons. The van der Waals surface area contributed by atoms with Gasteiger partial charge in [0.1, 0.15) is 5.41 Å². The fraction of sp³-hybridized carbons (Fsp3) is 0.189. The van der Waals surface area contributed by atoms with Crippen LogP contribution in [0.5, 0.6) is 0 Å². The molecule has 4 nitrogen and oxygen atoms in total. The summed E-state index contributed by atoms with van der Waals surface area (Å²) in [4.78, 5) is 24.7. The first-order valence-electron chi connectivity index (χ1n) is 14.0. The lowest BCUT2D eigenvalue weighted by atomic mass is 9.74. The van der Waals surface area contributed by atoms with E-state index in [-0.39, 0.29) is 18.3 Å². The summed E-state index contributed by atoms with van der Waals surface area (Å²) in [5.74, 6) is -2.03. The zero-order valence-electron chi connectivity index (χ0n) is 23.3. The third kappa shape index (κ3) is 3.60. The molecule has 1 unspecified atom stereocenters. The zero-order chi connectivity index (χ0) is 28.7. The Morgan fingerprint density at radius 2 is 1.32 bits per heavy atom. The largest absolute Gasteiger partial charge is 0.481 e. The van der Waals surface area contributed by atoms with E-state index in [2.05, 4.69) is 75.4 Å². The number of fused-ring (bicyclic) bond motifs is 3. The van der Waals surface area contributed by atoms with Crippen LogP contribution in [0.4, 0.5) is 0 Å². The standard InChI is InChI=1S/C37H30O4/c1-36(2,3)25-18-23-9-8-21-10-13-26(29-15-12-24(19-25)33(23)34(21)29)22-11-14-28-27-6-4-5-7-30(27)37(35(40)41,31(28)20-22)17-16-32(38)39/h4-15,18-20H,16-17H2,1-3H3,(H,38,39)(H,40,41). The van der Waals surface area contributed by atoms with Crippen molar-refractivity contribution in [3.05, 3.63) is 108 Å². The van der Waals surface area contributed by atoms with Crippen LogP contribution in [-0.2, 0) is 20.4 Å². The van der Waals surface area contributed by atoms with Crippen molar-refractivity contribution in [1.82, 2.24) is 0 Å². The first-order chi connectivity index (χ1) is 19.6. The Hall–Kier alpha value is -4.70. The highest BCUT2D eigenvalue weighted by Gasteiger charge is 2.49. The van der Waals surface area contributed by atoms with Crippen molar-refractivity contribution >= 4 is 44.3 Å². The zero-order valence-corrected chi connectivity index (χ0v) is 23.3. The smallest absolute Gasteiger partial charge is 0.318 e. The van der Waals surface area contributed by atoms with Crippen LogP contribution in [-0.4, -0.2) is 22.2 Å².